The van der Waals surface area contributed by atoms with E-state index in [9.17, 15) is 0 Å². The third-order valence-electron chi connectivity index (χ3n) is 2.81. The Labute approximate surface area is 110 Å². The number of hydrogen-bond acceptors (Lipinski definition) is 4. The molecule has 0 radical (unpaired) electrons. The van der Waals surface area contributed by atoms with Gasteiger partial charge in [-0.15, -0.1) is 0 Å². The van der Waals surface area contributed by atoms with Crippen molar-refractivity contribution in [1.82, 2.24) is 30.7 Å². The van der Waals surface area contributed by atoms with Gasteiger partial charge in [0.25, 0.3) is 0 Å². The lowest BCUT2D eigenvalue weighted by molar-refractivity contribution is 0.656. The van der Waals surface area contributed by atoms with Gasteiger partial charge < -0.3 is 10.3 Å². The lowest BCUT2D eigenvalue weighted by atomic mass is 10.1. The first-order chi connectivity index (χ1) is 9.43. The summed E-state index contributed by atoms with van der Waals surface area (Å²) in [7, 11) is 0. The zero-order chi connectivity index (χ0) is 12.9. The van der Waals surface area contributed by atoms with E-state index in [2.05, 4.69) is 30.7 Å². The highest BCUT2D eigenvalue weighted by Gasteiger charge is 2.09. The molecule has 0 saturated carbocycles. The topological polar surface area (TPSA) is 82.3 Å². The molecule has 0 fully saturated rings. The molecule has 0 atom stereocenters. The van der Waals surface area contributed by atoms with Gasteiger partial charge in [0.05, 0.1) is 6.54 Å². The van der Waals surface area contributed by atoms with Gasteiger partial charge in [-0.2, -0.15) is 15.4 Å². The number of rotatable bonds is 5. The predicted octanol–water partition coefficient (Wildman–Crippen LogP) is 1.48. The average Bonchev–Trinajstić information content (AvgIpc) is 3.11. The summed E-state index contributed by atoms with van der Waals surface area (Å²) >= 11 is 0. The number of nitrogens with zero attached hydrogens (tertiary/aromatic N) is 3. The minimum absolute atomic E-state index is 0.640. The Hall–Kier alpha value is -2.47. The van der Waals surface area contributed by atoms with Crippen LogP contribution in [0, 0.1) is 0 Å². The number of H-pyrrole nitrogens is 2. The zero-order valence-corrected chi connectivity index (χ0v) is 10.3. The molecule has 6 heteroatoms. The number of aromatic nitrogens is 5. The second-order valence-electron chi connectivity index (χ2n) is 4.12. The van der Waals surface area contributed by atoms with E-state index in [-0.39, 0.29) is 0 Å². The number of imidazole rings is 1. The van der Waals surface area contributed by atoms with E-state index in [1.807, 2.05) is 36.5 Å². The van der Waals surface area contributed by atoms with Crippen LogP contribution in [0.25, 0.3) is 11.3 Å². The molecular formula is C13H14N6. The molecule has 0 aliphatic heterocycles. The van der Waals surface area contributed by atoms with Crippen molar-refractivity contribution < 1.29 is 0 Å². The van der Waals surface area contributed by atoms with Gasteiger partial charge in [-0.25, -0.2) is 4.98 Å². The fourth-order valence-electron chi connectivity index (χ4n) is 1.90. The van der Waals surface area contributed by atoms with Crippen molar-refractivity contribution in [3.63, 3.8) is 0 Å². The van der Waals surface area contributed by atoms with Gasteiger partial charge in [0.2, 0.25) is 0 Å². The highest BCUT2D eigenvalue weighted by Crippen LogP contribution is 2.18. The first kappa shape index (κ1) is 11.6. The largest absolute Gasteiger partial charge is 0.348 e. The van der Waals surface area contributed by atoms with E-state index in [0.717, 1.165) is 22.8 Å². The van der Waals surface area contributed by atoms with Crippen molar-refractivity contribution in [3.8, 4) is 11.3 Å². The summed E-state index contributed by atoms with van der Waals surface area (Å²) in [6.07, 6.45) is 3.55. The van der Waals surface area contributed by atoms with E-state index >= 15 is 0 Å². The van der Waals surface area contributed by atoms with Gasteiger partial charge in [0.15, 0.2) is 0 Å². The van der Waals surface area contributed by atoms with Gasteiger partial charge in [-0.3, -0.25) is 0 Å². The van der Waals surface area contributed by atoms with Gasteiger partial charge >= 0.3 is 0 Å². The SMILES string of the molecule is c1ccc(-c2n[nH]nc2CNCc2ncc[nH]2)cc1. The molecule has 2 aromatic heterocycles. The van der Waals surface area contributed by atoms with Crippen LogP contribution in [0.2, 0.25) is 0 Å². The summed E-state index contributed by atoms with van der Waals surface area (Å²) < 4.78 is 0. The van der Waals surface area contributed by atoms with Crippen LogP contribution in [0.1, 0.15) is 11.5 Å². The highest BCUT2D eigenvalue weighted by molar-refractivity contribution is 5.60. The smallest absolute Gasteiger partial charge is 0.120 e. The Bertz CT molecular complexity index is 614. The minimum Gasteiger partial charge on any atom is -0.348 e. The van der Waals surface area contributed by atoms with Crippen molar-refractivity contribution in [3.05, 3.63) is 54.2 Å². The van der Waals surface area contributed by atoms with Crippen molar-refractivity contribution in [2.45, 2.75) is 13.1 Å². The fourth-order valence-corrected chi connectivity index (χ4v) is 1.90. The Morgan fingerprint density at radius 3 is 2.74 bits per heavy atom. The quantitative estimate of drug-likeness (QED) is 0.644. The molecular weight excluding hydrogens is 240 g/mol. The summed E-state index contributed by atoms with van der Waals surface area (Å²) in [4.78, 5) is 7.20. The second-order valence-corrected chi connectivity index (χ2v) is 4.12. The molecule has 6 nitrogen and oxygen atoms in total. The molecule has 0 spiro atoms. The maximum Gasteiger partial charge on any atom is 0.120 e. The van der Waals surface area contributed by atoms with Gasteiger partial charge in [0.1, 0.15) is 17.2 Å². The standard InChI is InChI=1S/C13H14N6/c1-2-4-10(5-3-1)13-11(17-19-18-13)8-14-9-12-15-6-7-16-12/h1-7,14H,8-9H2,(H,15,16)(H,17,18,19). The molecule has 2 heterocycles. The lowest BCUT2D eigenvalue weighted by Gasteiger charge is -2.02. The van der Waals surface area contributed by atoms with Gasteiger partial charge in [-0.05, 0) is 0 Å². The van der Waals surface area contributed by atoms with E-state index in [1.54, 1.807) is 6.20 Å². The molecule has 96 valence electrons. The molecule has 3 rings (SSSR count). The first-order valence-electron chi connectivity index (χ1n) is 6.07. The molecule has 0 unspecified atom stereocenters. The first-order valence-corrected chi connectivity index (χ1v) is 6.07. The Morgan fingerprint density at radius 1 is 1.05 bits per heavy atom. The predicted molar refractivity (Wildman–Crippen MR) is 71.0 cm³/mol. The number of nitrogens with one attached hydrogen (secondary N) is 3. The van der Waals surface area contributed by atoms with Crippen molar-refractivity contribution in [1.29, 1.82) is 0 Å². The molecule has 3 N–H and O–H groups in total. The van der Waals surface area contributed by atoms with Gasteiger partial charge in [0, 0.05) is 24.5 Å². The van der Waals surface area contributed by atoms with Crippen LogP contribution in [0.15, 0.2) is 42.7 Å². The highest BCUT2D eigenvalue weighted by atomic mass is 15.3. The average molecular weight is 254 g/mol. The normalized spacial score (nSPS) is 10.7. The van der Waals surface area contributed by atoms with Crippen LogP contribution < -0.4 is 5.32 Å². The number of benzene rings is 1. The van der Waals surface area contributed by atoms with Crippen LogP contribution in [0.3, 0.4) is 0 Å². The molecule has 0 aliphatic rings. The molecule has 1 aromatic carbocycles. The van der Waals surface area contributed by atoms with Crippen LogP contribution in [0.5, 0.6) is 0 Å². The van der Waals surface area contributed by atoms with Crippen LogP contribution in [-0.4, -0.2) is 25.4 Å². The fraction of sp³-hybridized carbons (Fsp3) is 0.154. The van der Waals surface area contributed by atoms with Crippen LogP contribution in [-0.2, 0) is 13.1 Å². The van der Waals surface area contributed by atoms with Crippen LogP contribution in [0.4, 0.5) is 0 Å². The van der Waals surface area contributed by atoms with Crippen LogP contribution >= 0.6 is 0 Å². The molecule has 0 aliphatic carbocycles. The summed E-state index contributed by atoms with van der Waals surface area (Å²) in [5, 5.41) is 14.3. The maximum atomic E-state index is 4.20. The molecule has 0 amide bonds. The van der Waals surface area contributed by atoms with Crippen molar-refractivity contribution in [2.24, 2.45) is 0 Å². The summed E-state index contributed by atoms with van der Waals surface area (Å²) in [6, 6.07) is 10.0. The molecule has 0 saturated heterocycles. The Balaban J connectivity index is 1.67. The maximum absolute atomic E-state index is 4.20. The van der Waals surface area contributed by atoms with E-state index < -0.39 is 0 Å². The zero-order valence-electron chi connectivity index (χ0n) is 10.3. The Morgan fingerprint density at radius 2 is 1.95 bits per heavy atom. The van der Waals surface area contributed by atoms with E-state index in [1.165, 1.54) is 0 Å². The van der Waals surface area contributed by atoms with E-state index in [4.69, 9.17) is 0 Å². The number of hydrogen-bond donors (Lipinski definition) is 3. The van der Waals surface area contributed by atoms with Crippen molar-refractivity contribution in [2.75, 3.05) is 0 Å². The lowest BCUT2D eigenvalue weighted by Crippen LogP contribution is -2.14. The minimum atomic E-state index is 0.640. The van der Waals surface area contributed by atoms with E-state index in [0.29, 0.717) is 13.1 Å². The molecule has 19 heavy (non-hydrogen) atoms. The summed E-state index contributed by atoms with van der Waals surface area (Å²) in [5.41, 5.74) is 2.84. The molecule has 3 aromatic rings. The van der Waals surface area contributed by atoms with Gasteiger partial charge in [-0.1, -0.05) is 30.3 Å². The summed E-state index contributed by atoms with van der Waals surface area (Å²) in [5.74, 6) is 0.907. The summed E-state index contributed by atoms with van der Waals surface area (Å²) in [6.45, 7) is 1.31. The van der Waals surface area contributed by atoms with Crippen molar-refractivity contribution >= 4 is 0 Å². The number of aromatic amines is 2. The third kappa shape index (κ3) is 2.69. The third-order valence-corrected chi connectivity index (χ3v) is 2.81. The Kier molecular flexibility index (Phi) is 3.33. The second kappa shape index (κ2) is 5.45. The monoisotopic (exact) mass is 254 g/mol. The molecule has 0 bridgehead atoms.